The SMILES string of the molecule is CCNC(=NCc1nccn1Cc1ccccc1)NCC(c1ccccc1)N1CCCC1.I. The number of aliphatic imine (C=N–C) groups is 1. The van der Waals surface area contributed by atoms with Crippen LogP contribution in [0.5, 0.6) is 0 Å². The molecule has 33 heavy (non-hydrogen) atoms. The molecular weight excluding hydrogens is 523 g/mol. The zero-order valence-electron chi connectivity index (χ0n) is 19.4. The number of imidazole rings is 1. The van der Waals surface area contributed by atoms with Crippen molar-refractivity contribution in [3.63, 3.8) is 0 Å². The van der Waals surface area contributed by atoms with Crippen LogP contribution in [0, 0.1) is 0 Å². The molecule has 0 saturated carbocycles. The molecular formula is C26H35IN6. The van der Waals surface area contributed by atoms with Crippen molar-refractivity contribution in [3.05, 3.63) is 90.0 Å². The third kappa shape index (κ3) is 7.30. The maximum absolute atomic E-state index is 4.84. The average molecular weight is 559 g/mol. The van der Waals surface area contributed by atoms with E-state index in [9.17, 15) is 0 Å². The molecule has 1 saturated heterocycles. The lowest BCUT2D eigenvalue weighted by Crippen LogP contribution is -2.42. The molecule has 1 fully saturated rings. The van der Waals surface area contributed by atoms with E-state index in [1.807, 2.05) is 18.5 Å². The van der Waals surface area contributed by atoms with Crippen molar-refractivity contribution < 1.29 is 0 Å². The Morgan fingerprint density at radius 1 is 1.00 bits per heavy atom. The van der Waals surface area contributed by atoms with Gasteiger partial charge in [0.1, 0.15) is 12.4 Å². The minimum Gasteiger partial charge on any atom is -0.357 e. The van der Waals surface area contributed by atoms with Gasteiger partial charge in [-0.1, -0.05) is 60.7 Å². The maximum atomic E-state index is 4.84. The minimum absolute atomic E-state index is 0. The van der Waals surface area contributed by atoms with E-state index in [1.54, 1.807) is 0 Å². The van der Waals surface area contributed by atoms with Gasteiger partial charge in [-0.25, -0.2) is 9.98 Å². The predicted molar refractivity (Wildman–Crippen MR) is 146 cm³/mol. The second-order valence-electron chi connectivity index (χ2n) is 8.20. The fourth-order valence-corrected chi connectivity index (χ4v) is 4.29. The van der Waals surface area contributed by atoms with Crippen molar-refractivity contribution in [3.8, 4) is 0 Å². The summed E-state index contributed by atoms with van der Waals surface area (Å²) in [6.45, 7) is 7.41. The monoisotopic (exact) mass is 558 g/mol. The molecule has 1 aromatic heterocycles. The molecule has 0 spiro atoms. The number of hydrogen-bond acceptors (Lipinski definition) is 3. The molecule has 2 heterocycles. The summed E-state index contributed by atoms with van der Waals surface area (Å²) in [6, 6.07) is 21.6. The van der Waals surface area contributed by atoms with Crippen LogP contribution in [0.1, 0.15) is 42.8 Å². The van der Waals surface area contributed by atoms with Crippen LogP contribution in [0.2, 0.25) is 0 Å². The van der Waals surface area contributed by atoms with Crippen molar-refractivity contribution in [2.24, 2.45) is 4.99 Å². The average Bonchev–Trinajstić information content (AvgIpc) is 3.52. The first-order chi connectivity index (χ1) is 15.8. The molecule has 1 aliphatic heterocycles. The van der Waals surface area contributed by atoms with Gasteiger partial charge in [0.2, 0.25) is 0 Å². The number of likely N-dealkylation sites (tertiary alicyclic amines) is 1. The molecule has 1 aliphatic rings. The Morgan fingerprint density at radius 2 is 1.70 bits per heavy atom. The summed E-state index contributed by atoms with van der Waals surface area (Å²) in [7, 11) is 0. The summed E-state index contributed by atoms with van der Waals surface area (Å²) in [4.78, 5) is 12.0. The Hall–Kier alpha value is -2.39. The topological polar surface area (TPSA) is 57.5 Å². The number of halogens is 1. The largest absolute Gasteiger partial charge is 0.357 e. The molecule has 6 nitrogen and oxygen atoms in total. The maximum Gasteiger partial charge on any atom is 0.191 e. The van der Waals surface area contributed by atoms with Gasteiger partial charge in [0.05, 0.1) is 6.04 Å². The summed E-state index contributed by atoms with van der Waals surface area (Å²) in [5.41, 5.74) is 2.62. The van der Waals surface area contributed by atoms with E-state index in [1.165, 1.54) is 24.0 Å². The second kappa shape index (κ2) is 13.3. The molecule has 3 aromatic rings. The highest BCUT2D eigenvalue weighted by atomic mass is 127. The molecule has 4 rings (SSSR count). The lowest BCUT2D eigenvalue weighted by atomic mass is 10.1. The zero-order chi connectivity index (χ0) is 22.0. The van der Waals surface area contributed by atoms with Gasteiger partial charge in [-0.3, -0.25) is 4.90 Å². The number of guanidine groups is 1. The lowest BCUT2D eigenvalue weighted by Gasteiger charge is -2.29. The molecule has 7 heteroatoms. The van der Waals surface area contributed by atoms with Gasteiger partial charge < -0.3 is 15.2 Å². The first-order valence-electron chi connectivity index (χ1n) is 11.7. The Morgan fingerprint density at radius 3 is 2.39 bits per heavy atom. The van der Waals surface area contributed by atoms with Crippen LogP contribution in [0.15, 0.2) is 78.0 Å². The Balaban J connectivity index is 0.00000306. The second-order valence-corrected chi connectivity index (χ2v) is 8.20. The van der Waals surface area contributed by atoms with Crippen LogP contribution in [0.4, 0.5) is 0 Å². The summed E-state index contributed by atoms with van der Waals surface area (Å²) in [5, 5.41) is 6.98. The predicted octanol–water partition coefficient (Wildman–Crippen LogP) is 4.44. The van der Waals surface area contributed by atoms with Crippen LogP contribution < -0.4 is 10.6 Å². The van der Waals surface area contributed by atoms with Gasteiger partial charge in [0.25, 0.3) is 0 Å². The number of hydrogen-bond donors (Lipinski definition) is 2. The molecule has 0 aliphatic carbocycles. The first-order valence-corrected chi connectivity index (χ1v) is 11.7. The number of rotatable bonds is 9. The molecule has 0 radical (unpaired) electrons. The Labute approximate surface area is 214 Å². The zero-order valence-corrected chi connectivity index (χ0v) is 21.7. The molecule has 176 valence electrons. The van der Waals surface area contributed by atoms with Crippen LogP contribution in [-0.2, 0) is 13.1 Å². The molecule has 0 amide bonds. The number of nitrogens with zero attached hydrogens (tertiary/aromatic N) is 4. The highest BCUT2D eigenvalue weighted by molar-refractivity contribution is 14.0. The number of nitrogens with one attached hydrogen (secondary N) is 2. The van der Waals surface area contributed by atoms with E-state index >= 15 is 0 Å². The fourth-order valence-electron chi connectivity index (χ4n) is 4.29. The third-order valence-corrected chi connectivity index (χ3v) is 5.95. The van der Waals surface area contributed by atoms with E-state index in [4.69, 9.17) is 4.99 Å². The van der Waals surface area contributed by atoms with Gasteiger partial charge in [-0.2, -0.15) is 0 Å². The highest BCUT2D eigenvalue weighted by Crippen LogP contribution is 2.24. The van der Waals surface area contributed by atoms with Crippen LogP contribution in [0.25, 0.3) is 0 Å². The quantitative estimate of drug-likeness (QED) is 0.232. The molecule has 1 atom stereocenters. The van der Waals surface area contributed by atoms with Gasteiger partial charge in [0, 0.05) is 32.0 Å². The van der Waals surface area contributed by atoms with E-state index in [-0.39, 0.29) is 24.0 Å². The number of aromatic nitrogens is 2. The van der Waals surface area contributed by atoms with Crippen molar-refractivity contribution in [2.45, 2.75) is 38.9 Å². The van der Waals surface area contributed by atoms with Crippen molar-refractivity contribution >= 4 is 29.9 Å². The summed E-state index contributed by atoms with van der Waals surface area (Å²) < 4.78 is 2.17. The Bertz CT molecular complexity index is 967. The standard InChI is InChI=1S/C26H34N6.HI/c1-2-27-26(29-19-24(31-16-9-10-17-31)23-13-7-4-8-14-23)30-20-25-28-15-18-32(25)21-22-11-5-3-6-12-22;/h3-8,11-15,18,24H,2,9-10,16-17,19-21H2,1H3,(H2,27,29,30);1H. The third-order valence-electron chi connectivity index (χ3n) is 5.95. The summed E-state index contributed by atoms with van der Waals surface area (Å²) >= 11 is 0. The normalized spacial score (nSPS) is 15.1. The van der Waals surface area contributed by atoms with Crippen molar-refractivity contribution in [1.82, 2.24) is 25.1 Å². The smallest absolute Gasteiger partial charge is 0.191 e. The molecule has 2 aromatic carbocycles. The molecule has 2 N–H and O–H groups in total. The van der Waals surface area contributed by atoms with E-state index < -0.39 is 0 Å². The van der Waals surface area contributed by atoms with Gasteiger partial charge in [-0.15, -0.1) is 24.0 Å². The lowest BCUT2D eigenvalue weighted by molar-refractivity contribution is 0.245. The number of benzene rings is 2. The fraction of sp³-hybridized carbons (Fsp3) is 0.385. The minimum atomic E-state index is 0. The first kappa shape index (κ1) is 25.2. The highest BCUT2D eigenvalue weighted by Gasteiger charge is 2.23. The van der Waals surface area contributed by atoms with E-state index in [2.05, 4.69) is 86.6 Å². The van der Waals surface area contributed by atoms with Gasteiger partial charge in [0.15, 0.2) is 5.96 Å². The van der Waals surface area contributed by atoms with Gasteiger partial charge in [-0.05, 0) is 44.0 Å². The van der Waals surface area contributed by atoms with Crippen LogP contribution in [-0.4, -0.2) is 46.6 Å². The van der Waals surface area contributed by atoms with Crippen molar-refractivity contribution in [2.75, 3.05) is 26.2 Å². The Kier molecular flexibility index (Phi) is 10.2. The van der Waals surface area contributed by atoms with Crippen LogP contribution >= 0.6 is 24.0 Å². The van der Waals surface area contributed by atoms with E-state index in [0.29, 0.717) is 12.6 Å². The summed E-state index contributed by atoms with van der Waals surface area (Å²) in [6.07, 6.45) is 6.44. The summed E-state index contributed by atoms with van der Waals surface area (Å²) in [5.74, 6) is 1.80. The molecule has 1 unspecified atom stereocenters. The van der Waals surface area contributed by atoms with Crippen LogP contribution in [0.3, 0.4) is 0 Å². The van der Waals surface area contributed by atoms with E-state index in [0.717, 1.165) is 44.5 Å². The van der Waals surface area contributed by atoms with Gasteiger partial charge >= 0.3 is 0 Å². The van der Waals surface area contributed by atoms with Crippen molar-refractivity contribution in [1.29, 1.82) is 0 Å². The molecule has 0 bridgehead atoms.